The Hall–Kier alpha value is 0.0969. The van der Waals surface area contributed by atoms with Crippen molar-refractivity contribution in [2.45, 2.75) is 52.1 Å². The lowest BCUT2D eigenvalue weighted by Crippen LogP contribution is -2.73. The van der Waals surface area contributed by atoms with Gasteiger partial charge in [-0.05, 0) is 40.9 Å². The van der Waals surface area contributed by atoms with Crippen LogP contribution in [0.1, 0.15) is 40.5 Å². The maximum atomic E-state index is 3.72. The zero-order valence-electron chi connectivity index (χ0n) is 10.6. The third-order valence-corrected chi connectivity index (χ3v) is 6.33. The molecule has 3 N–H and O–H groups in total. The number of unbranched alkanes of at least 4 members (excludes halogenated alkanes) is 1. The highest BCUT2D eigenvalue weighted by Crippen LogP contribution is 2.10. The van der Waals surface area contributed by atoms with Crippen LogP contribution in [0.5, 0.6) is 0 Å². The normalized spacial score (nSPS) is 13.3. The molecule has 0 spiro atoms. The van der Waals surface area contributed by atoms with Crippen molar-refractivity contribution in [3.05, 3.63) is 0 Å². The van der Waals surface area contributed by atoms with Gasteiger partial charge in [0.05, 0.1) is 0 Å². The first-order valence-corrected chi connectivity index (χ1v) is 7.77. The predicted molar refractivity (Wildman–Crippen MR) is 66.5 cm³/mol. The second kappa shape index (κ2) is 5.85. The summed E-state index contributed by atoms with van der Waals surface area (Å²) in [5.41, 5.74) is 0.173. The Kier molecular flexibility index (Phi) is 5.89. The zero-order valence-corrected chi connectivity index (χ0v) is 11.6. The summed E-state index contributed by atoms with van der Waals surface area (Å²) in [4.78, 5) is 10.7. The monoisotopic (exact) mass is 217 g/mol. The van der Waals surface area contributed by atoms with Crippen LogP contribution in [0.25, 0.3) is 0 Å². The maximum Gasteiger partial charge on any atom is 0.281 e. The summed E-state index contributed by atoms with van der Waals surface area (Å²) in [5, 5.41) is 0. The average Bonchev–Trinajstić information content (AvgIpc) is 2.10. The van der Waals surface area contributed by atoms with Crippen molar-refractivity contribution in [1.29, 1.82) is 0 Å². The van der Waals surface area contributed by atoms with E-state index in [4.69, 9.17) is 0 Å². The predicted octanol–water partition coefficient (Wildman–Crippen LogP) is 1.55. The molecule has 0 bridgehead atoms. The summed E-state index contributed by atoms with van der Waals surface area (Å²) >= 11 is 0. The van der Waals surface area contributed by atoms with E-state index in [-0.39, 0.29) is 5.54 Å². The molecule has 0 rings (SSSR count). The molecule has 0 saturated heterocycles. The topological polar surface area (TPSA) is 36.1 Å². The lowest BCUT2D eigenvalue weighted by atomic mass is 10.1. The molecule has 0 amide bonds. The fourth-order valence-electron chi connectivity index (χ4n) is 1.64. The van der Waals surface area contributed by atoms with Gasteiger partial charge < -0.3 is 14.9 Å². The number of nitrogens with one attached hydrogen (secondary N) is 3. The van der Waals surface area contributed by atoms with E-state index in [2.05, 4.69) is 56.7 Å². The van der Waals surface area contributed by atoms with Crippen molar-refractivity contribution < 1.29 is 0 Å². The van der Waals surface area contributed by atoms with E-state index < -0.39 is 8.56 Å². The van der Waals surface area contributed by atoms with Crippen molar-refractivity contribution in [1.82, 2.24) is 14.9 Å². The van der Waals surface area contributed by atoms with Crippen LogP contribution in [0.3, 0.4) is 0 Å². The molecule has 0 atom stereocenters. The van der Waals surface area contributed by atoms with Gasteiger partial charge in [-0.1, -0.05) is 19.8 Å². The van der Waals surface area contributed by atoms with Crippen molar-refractivity contribution in [3.8, 4) is 0 Å². The first kappa shape index (κ1) is 14.1. The van der Waals surface area contributed by atoms with Gasteiger partial charge in [0.1, 0.15) is 0 Å². The molecule has 14 heavy (non-hydrogen) atoms. The molecule has 0 aliphatic rings. The molecule has 0 saturated carbocycles. The molecule has 0 unspecified atom stereocenters. The Bertz CT molecular complexity index is 150. The van der Waals surface area contributed by atoms with Crippen molar-refractivity contribution >= 4 is 8.56 Å². The van der Waals surface area contributed by atoms with Crippen LogP contribution in [0.2, 0.25) is 6.04 Å². The first-order valence-electron chi connectivity index (χ1n) is 5.56. The van der Waals surface area contributed by atoms with Crippen LogP contribution in [-0.2, 0) is 0 Å². The van der Waals surface area contributed by atoms with E-state index in [1.165, 1.54) is 18.9 Å². The molecule has 0 aliphatic carbocycles. The van der Waals surface area contributed by atoms with Crippen LogP contribution in [-0.4, -0.2) is 28.2 Å². The molecular formula is C10H27N3Si. The SMILES string of the molecule is CCCC[Si](NC)(NC)NC(C)(C)C. The fourth-order valence-corrected chi connectivity index (χ4v) is 4.93. The van der Waals surface area contributed by atoms with Crippen LogP contribution in [0, 0.1) is 0 Å². The van der Waals surface area contributed by atoms with E-state index in [0.717, 1.165) is 0 Å². The third-order valence-electron chi connectivity index (χ3n) is 2.35. The quantitative estimate of drug-likeness (QED) is 0.591. The molecule has 3 nitrogen and oxygen atoms in total. The first-order chi connectivity index (χ1) is 6.39. The molecule has 0 aromatic rings. The van der Waals surface area contributed by atoms with Gasteiger partial charge >= 0.3 is 0 Å². The summed E-state index contributed by atoms with van der Waals surface area (Å²) in [5.74, 6) is 0. The zero-order chi connectivity index (χ0) is 11.2. The van der Waals surface area contributed by atoms with Crippen LogP contribution in [0.15, 0.2) is 0 Å². The van der Waals surface area contributed by atoms with Gasteiger partial charge in [0.15, 0.2) is 0 Å². The molecule has 0 heterocycles. The van der Waals surface area contributed by atoms with E-state index >= 15 is 0 Å². The van der Waals surface area contributed by atoms with Crippen LogP contribution >= 0.6 is 0 Å². The lowest BCUT2D eigenvalue weighted by Gasteiger charge is -2.37. The van der Waals surface area contributed by atoms with Crippen LogP contribution < -0.4 is 14.9 Å². The molecular weight excluding hydrogens is 190 g/mol. The minimum atomic E-state index is -1.65. The van der Waals surface area contributed by atoms with Gasteiger partial charge in [0.25, 0.3) is 8.56 Å². The van der Waals surface area contributed by atoms with Gasteiger partial charge in [0, 0.05) is 5.54 Å². The van der Waals surface area contributed by atoms with Gasteiger partial charge in [-0.25, -0.2) is 0 Å². The van der Waals surface area contributed by atoms with E-state index in [1.54, 1.807) is 0 Å². The van der Waals surface area contributed by atoms with E-state index in [1.807, 2.05) is 0 Å². The Balaban J connectivity index is 4.36. The molecule has 86 valence electrons. The van der Waals surface area contributed by atoms with Crippen molar-refractivity contribution in [2.75, 3.05) is 14.1 Å². The second-order valence-corrected chi connectivity index (χ2v) is 8.44. The van der Waals surface area contributed by atoms with E-state index in [0.29, 0.717) is 0 Å². The smallest absolute Gasteiger partial charge is 0.281 e. The van der Waals surface area contributed by atoms with Gasteiger partial charge in [-0.3, -0.25) is 0 Å². The Morgan fingerprint density at radius 3 is 1.86 bits per heavy atom. The molecule has 0 aromatic heterocycles. The molecule has 0 fully saturated rings. The minimum absolute atomic E-state index is 0.173. The highest BCUT2D eigenvalue weighted by molar-refractivity contribution is 6.72. The summed E-state index contributed by atoms with van der Waals surface area (Å²) in [6.07, 6.45) is 2.53. The highest BCUT2D eigenvalue weighted by atomic mass is 28.4. The number of hydrogen-bond donors (Lipinski definition) is 3. The lowest BCUT2D eigenvalue weighted by molar-refractivity contribution is 0.495. The molecule has 0 aromatic carbocycles. The number of rotatable bonds is 6. The molecule has 0 radical (unpaired) electrons. The maximum absolute atomic E-state index is 3.72. The number of hydrogen-bond acceptors (Lipinski definition) is 3. The van der Waals surface area contributed by atoms with Crippen molar-refractivity contribution in [2.24, 2.45) is 0 Å². The van der Waals surface area contributed by atoms with Crippen LogP contribution in [0.4, 0.5) is 0 Å². The largest absolute Gasteiger partial charge is 0.316 e. The van der Waals surface area contributed by atoms with E-state index in [9.17, 15) is 0 Å². The van der Waals surface area contributed by atoms with Gasteiger partial charge in [-0.2, -0.15) is 0 Å². The minimum Gasteiger partial charge on any atom is -0.316 e. The average molecular weight is 217 g/mol. The standard InChI is InChI=1S/C10H27N3Si/c1-7-8-9-14(11-5,12-6)13-10(2,3)4/h11-13H,7-9H2,1-6H3. The summed E-state index contributed by atoms with van der Waals surface area (Å²) in [6, 6.07) is 1.23. The molecule has 0 aliphatic heterocycles. The fraction of sp³-hybridized carbons (Fsp3) is 1.00. The summed E-state index contributed by atoms with van der Waals surface area (Å²) in [7, 11) is 2.46. The third kappa shape index (κ3) is 5.10. The Morgan fingerprint density at radius 2 is 1.57 bits per heavy atom. The Morgan fingerprint density at radius 1 is 1.07 bits per heavy atom. The Labute approximate surface area is 90.3 Å². The van der Waals surface area contributed by atoms with Gasteiger partial charge in [0.2, 0.25) is 0 Å². The summed E-state index contributed by atoms with van der Waals surface area (Å²) < 4.78 is 0. The summed E-state index contributed by atoms with van der Waals surface area (Å²) in [6.45, 7) is 8.89. The molecule has 4 heteroatoms. The highest BCUT2D eigenvalue weighted by Gasteiger charge is 2.33. The van der Waals surface area contributed by atoms with Crippen molar-refractivity contribution in [3.63, 3.8) is 0 Å². The second-order valence-electron chi connectivity index (χ2n) is 4.88. The van der Waals surface area contributed by atoms with Gasteiger partial charge in [-0.15, -0.1) is 0 Å².